The molecular formula is C23H23FN2O6. The molecule has 0 saturated carbocycles. The molecule has 1 saturated heterocycles. The minimum atomic E-state index is -0.964. The van der Waals surface area contributed by atoms with Crippen LogP contribution in [0, 0.1) is 15.9 Å². The number of aliphatic hydroxyl groups is 1. The van der Waals surface area contributed by atoms with Crippen LogP contribution in [0.1, 0.15) is 37.4 Å². The molecule has 0 unspecified atom stereocenters. The van der Waals surface area contributed by atoms with Crippen molar-refractivity contribution in [3.8, 4) is 0 Å². The molecule has 9 heteroatoms. The number of aliphatic hydroxyl groups excluding tert-OH is 1. The minimum Gasteiger partial charge on any atom is -0.507 e. The molecule has 168 valence electrons. The summed E-state index contributed by atoms with van der Waals surface area (Å²) in [6.45, 7) is 4.29. The number of benzene rings is 2. The number of carbonyl (C=O) groups is 2. The molecule has 1 aliphatic heterocycles. The van der Waals surface area contributed by atoms with Gasteiger partial charge in [0, 0.05) is 30.8 Å². The van der Waals surface area contributed by atoms with Crippen LogP contribution in [0.4, 0.5) is 10.1 Å². The number of ether oxygens (including phenoxy) is 1. The van der Waals surface area contributed by atoms with Crippen LogP contribution >= 0.6 is 0 Å². The van der Waals surface area contributed by atoms with Gasteiger partial charge in [0.2, 0.25) is 0 Å². The average Bonchev–Trinajstić information content (AvgIpc) is 3.01. The van der Waals surface area contributed by atoms with Crippen molar-refractivity contribution >= 4 is 23.1 Å². The first-order valence-electron chi connectivity index (χ1n) is 10.1. The van der Waals surface area contributed by atoms with E-state index in [9.17, 15) is 29.2 Å². The lowest BCUT2D eigenvalue weighted by Crippen LogP contribution is -2.31. The van der Waals surface area contributed by atoms with E-state index in [1.165, 1.54) is 47.4 Å². The summed E-state index contributed by atoms with van der Waals surface area (Å²) in [5.41, 5.74) is -0.00543. The number of likely N-dealkylation sites (tertiary alicyclic amines) is 1. The van der Waals surface area contributed by atoms with Crippen molar-refractivity contribution in [1.29, 1.82) is 0 Å². The summed E-state index contributed by atoms with van der Waals surface area (Å²) < 4.78 is 19.0. The summed E-state index contributed by atoms with van der Waals surface area (Å²) in [4.78, 5) is 37.5. The summed E-state index contributed by atoms with van der Waals surface area (Å²) in [7, 11) is 0. The number of rotatable bonds is 8. The summed E-state index contributed by atoms with van der Waals surface area (Å²) >= 11 is 0. The topological polar surface area (TPSA) is 110 Å². The number of halogens is 1. The maximum atomic E-state index is 13.5. The Kier molecular flexibility index (Phi) is 6.99. The number of amides is 1. The summed E-state index contributed by atoms with van der Waals surface area (Å²) in [6.07, 6.45) is 0.451. The quantitative estimate of drug-likeness (QED) is 0.165. The molecule has 1 atom stereocenters. The standard InChI is InChI=1S/C23H23FN2O6/c1-14(2)32-12-4-11-25-20(15-7-9-17(24)10-8-15)19(22(28)23(25)29)21(27)16-5-3-6-18(13-16)26(30)31/h3,5-10,13-14,20,27H,4,11-12H2,1-2H3/t20-/m1/s1. The van der Waals surface area contributed by atoms with Crippen LogP contribution in [-0.4, -0.2) is 45.9 Å². The van der Waals surface area contributed by atoms with E-state index in [1.807, 2.05) is 13.8 Å². The SMILES string of the molecule is CC(C)OCCCN1C(=O)C(=O)C(=C(O)c2cccc([N+](=O)[O-])c2)[C@H]1c1ccc(F)cc1. The van der Waals surface area contributed by atoms with E-state index in [2.05, 4.69) is 0 Å². The molecule has 3 rings (SSSR count). The van der Waals surface area contributed by atoms with Crippen LogP contribution < -0.4 is 0 Å². The molecule has 0 radical (unpaired) electrons. The molecule has 2 aromatic carbocycles. The van der Waals surface area contributed by atoms with Gasteiger partial charge in [-0.25, -0.2) is 4.39 Å². The van der Waals surface area contributed by atoms with Crippen LogP contribution in [0.3, 0.4) is 0 Å². The number of nitro groups is 1. The second kappa shape index (κ2) is 9.69. The molecular weight excluding hydrogens is 419 g/mol. The molecule has 1 amide bonds. The number of nitro benzene ring substituents is 1. The van der Waals surface area contributed by atoms with Gasteiger partial charge >= 0.3 is 0 Å². The number of ketones is 1. The summed E-state index contributed by atoms with van der Waals surface area (Å²) in [6, 6.07) is 9.47. The Hall–Kier alpha value is -3.59. The number of non-ortho nitro benzene ring substituents is 1. The van der Waals surface area contributed by atoms with Gasteiger partial charge in [-0.1, -0.05) is 24.3 Å². The highest BCUT2D eigenvalue weighted by Gasteiger charge is 2.45. The van der Waals surface area contributed by atoms with E-state index in [0.29, 0.717) is 18.6 Å². The second-order valence-corrected chi connectivity index (χ2v) is 7.62. The maximum absolute atomic E-state index is 13.5. The van der Waals surface area contributed by atoms with E-state index >= 15 is 0 Å². The fourth-order valence-electron chi connectivity index (χ4n) is 3.58. The third-order valence-electron chi connectivity index (χ3n) is 5.05. The largest absolute Gasteiger partial charge is 0.507 e. The summed E-state index contributed by atoms with van der Waals surface area (Å²) in [5.74, 6) is -2.74. The normalized spacial score (nSPS) is 17.9. The van der Waals surface area contributed by atoms with Crippen molar-refractivity contribution in [2.75, 3.05) is 13.2 Å². The highest BCUT2D eigenvalue weighted by Crippen LogP contribution is 2.39. The Labute approximate surface area is 184 Å². The zero-order valence-corrected chi connectivity index (χ0v) is 17.7. The fraction of sp³-hybridized carbons (Fsp3) is 0.304. The number of hydrogen-bond donors (Lipinski definition) is 1. The van der Waals surface area contributed by atoms with Crippen molar-refractivity contribution in [3.05, 3.63) is 81.2 Å². The van der Waals surface area contributed by atoms with Crippen molar-refractivity contribution < 1.29 is 28.7 Å². The third-order valence-corrected chi connectivity index (χ3v) is 5.05. The van der Waals surface area contributed by atoms with Crippen LogP contribution in [0.5, 0.6) is 0 Å². The minimum absolute atomic E-state index is 0.00665. The molecule has 1 aliphatic rings. The lowest BCUT2D eigenvalue weighted by molar-refractivity contribution is -0.384. The van der Waals surface area contributed by atoms with Gasteiger partial charge in [-0.05, 0) is 38.0 Å². The van der Waals surface area contributed by atoms with Crippen molar-refractivity contribution in [2.24, 2.45) is 0 Å². The fourth-order valence-corrected chi connectivity index (χ4v) is 3.58. The maximum Gasteiger partial charge on any atom is 0.295 e. The molecule has 0 bridgehead atoms. The zero-order chi connectivity index (χ0) is 23.4. The predicted octanol–water partition coefficient (Wildman–Crippen LogP) is 3.97. The number of carbonyl (C=O) groups excluding carboxylic acids is 2. The Morgan fingerprint density at radius 3 is 2.53 bits per heavy atom. The molecule has 0 aliphatic carbocycles. The Balaban J connectivity index is 2.06. The van der Waals surface area contributed by atoms with Crippen molar-refractivity contribution in [3.63, 3.8) is 0 Å². The molecule has 1 heterocycles. The molecule has 2 aromatic rings. The smallest absolute Gasteiger partial charge is 0.295 e. The number of nitrogens with zero attached hydrogens (tertiary/aromatic N) is 2. The first kappa shape index (κ1) is 23.1. The molecule has 1 N–H and O–H groups in total. The van der Waals surface area contributed by atoms with Gasteiger partial charge in [0.1, 0.15) is 11.6 Å². The van der Waals surface area contributed by atoms with E-state index < -0.39 is 34.2 Å². The van der Waals surface area contributed by atoms with Gasteiger partial charge in [0.25, 0.3) is 17.4 Å². The highest BCUT2D eigenvalue weighted by atomic mass is 19.1. The lowest BCUT2D eigenvalue weighted by Gasteiger charge is -2.25. The van der Waals surface area contributed by atoms with Crippen LogP contribution in [0.15, 0.2) is 54.1 Å². The Bertz CT molecular complexity index is 1060. The third kappa shape index (κ3) is 4.83. The molecule has 1 fully saturated rings. The monoisotopic (exact) mass is 442 g/mol. The zero-order valence-electron chi connectivity index (χ0n) is 17.7. The van der Waals surface area contributed by atoms with Gasteiger partial charge in [-0.2, -0.15) is 0 Å². The first-order valence-corrected chi connectivity index (χ1v) is 10.1. The van der Waals surface area contributed by atoms with Gasteiger partial charge < -0.3 is 14.7 Å². The van der Waals surface area contributed by atoms with Gasteiger partial charge in [0.05, 0.1) is 22.6 Å². The average molecular weight is 442 g/mol. The number of hydrogen-bond acceptors (Lipinski definition) is 6. The Morgan fingerprint density at radius 1 is 1.22 bits per heavy atom. The molecule has 0 spiro atoms. The van der Waals surface area contributed by atoms with Gasteiger partial charge in [0.15, 0.2) is 0 Å². The first-order chi connectivity index (χ1) is 15.2. The number of Topliss-reactive ketones (excluding diaryl/α,β-unsaturated/α-hetero) is 1. The van der Waals surface area contributed by atoms with Gasteiger partial charge in [-0.15, -0.1) is 0 Å². The van der Waals surface area contributed by atoms with Gasteiger partial charge in [-0.3, -0.25) is 19.7 Å². The van der Waals surface area contributed by atoms with Crippen molar-refractivity contribution in [2.45, 2.75) is 32.4 Å². The van der Waals surface area contributed by atoms with E-state index in [-0.39, 0.29) is 29.5 Å². The molecule has 0 aromatic heterocycles. The van der Waals surface area contributed by atoms with E-state index in [4.69, 9.17) is 4.74 Å². The predicted molar refractivity (Wildman–Crippen MR) is 114 cm³/mol. The van der Waals surface area contributed by atoms with Crippen LogP contribution in [-0.2, 0) is 14.3 Å². The van der Waals surface area contributed by atoms with E-state index in [1.54, 1.807) is 0 Å². The second-order valence-electron chi connectivity index (χ2n) is 7.62. The lowest BCUT2D eigenvalue weighted by atomic mass is 9.95. The molecule has 32 heavy (non-hydrogen) atoms. The highest BCUT2D eigenvalue weighted by molar-refractivity contribution is 6.46. The van der Waals surface area contributed by atoms with E-state index in [0.717, 1.165) is 6.07 Å². The summed E-state index contributed by atoms with van der Waals surface area (Å²) in [5, 5.41) is 22.0. The Morgan fingerprint density at radius 2 is 1.91 bits per heavy atom. The van der Waals surface area contributed by atoms with Crippen LogP contribution in [0.25, 0.3) is 5.76 Å². The molecule has 8 nitrogen and oxygen atoms in total. The van der Waals surface area contributed by atoms with Crippen molar-refractivity contribution in [1.82, 2.24) is 4.90 Å². The van der Waals surface area contributed by atoms with Crippen LogP contribution in [0.2, 0.25) is 0 Å².